The van der Waals surface area contributed by atoms with Crippen LogP contribution < -0.4 is 5.32 Å². The van der Waals surface area contributed by atoms with Crippen molar-refractivity contribution in [3.05, 3.63) is 0 Å². The van der Waals surface area contributed by atoms with Crippen LogP contribution in [0.5, 0.6) is 0 Å². The van der Waals surface area contributed by atoms with Gasteiger partial charge in [0.15, 0.2) is 0 Å². The minimum absolute atomic E-state index is 0.646. The van der Waals surface area contributed by atoms with Gasteiger partial charge in [0.05, 0.1) is 0 Å². The van der Waals surface area contributed by atoms with E-state index in [2.05, 4.69) is 33.0 Å². The van der Waals surface area contributed by atoms with Crippen LogP contribution in [-0.4, -0.2) is 12.6 Å². The van der Waals surface area contributed by atoms with Gasteiger partial charge in [0.25, 0.3) is 0 Å². The Kier molecular flexibility index (Phi) is 5.70. The molecule has 0 radical (unpaired) electrons. The molecule has 0 aliphatic rings. The lowest BCUT2D eigenvalue weighted by atomic mass is 10.1. The quantitative estimate of drug-likeness (QED) is 0.583. The normalized spacial score (nSPS) is 11.4. The van der Waals surface area contributed by atoms with Crippen LogP contribution in [0, 0.1) is 5.92 Å². The van der Waals surface area contributed by atoms with Crippen molar-refractivity contribution in [1.82, 2.24) is 5.32 Å². The maximum Gasteiger partial charge on any atom is 0.00103 e. The predicted molar refractivity (Wildman–Crippen MR) is 47.2 cm³/mol. The van der Waals surface area contributed by atoms with Crippen LogP contribution in [0.4, 0.5) is 0 Å². The van der Waals surface area contributed by atoms with E-state index in [0.717, 1.165) is 5.92 Å². The summed E-state index contributed by atoms with van der Waals surface area (Å²) in [6, 6.07) is 0.646. The van der Waals surface area contributed by atoms with E-state index in [0.29, 0.717) is 6.04 Å². The van der Waals surface area contributed by atoms with Gasteiger partial charge in [-0.1, -0.05) is 27.7 Å². The molecule has 0 aromatic heterocycles. The van der Waals surface area contributed by atoms with E-state index in [1.54, 1.807) is 0 Å². The molecule has 0 unspecified atom stereocenters. The average molecular weight is 143 g/mol. The minimum atomic E-state index is 0.646. The Hall–Kier alpha value is -0.0400. The molecule has 0 saturated heterocycles. The monoisotopic (exact) mass is 143 g/mol. The van der Waals surface area contributed by atoms with Gasteiger partial charge in [-0.2, -0.15) is 0 Å². The van der Waals surface area contributed by atoms with E-state index >= 15 is 0 Å². The van der Waals surface area contributed by atoms with Gasteiger partial charge in [0.1, 0.15) is 0 Å². The van der Waals surface area contributed by atoms with E-state index < -0.39 is 0 Å². The Bertz CT molecular complexity index is 57.1. The summed E-state index contributed by atoms with van der Waals surface area (Å²) in [7, 11) is 0. The summed E-state index contributed by atoms with van der Waals surface area (Å²) < 4.78 is 0. The highest BCUT2D eigenvalue weighted by Gasteiger charge is 1.94. The Labute approximate surface area is 65.2 Å². The van der Waals surface area contributed by atoms with Gasteiger partial charge in [-0.3, -0.25) is 0 Å². The second-order valence-electron chi connectivity index (χ2n) is 3.64. The molecule has 0 heterocycles. The lowest BCUT2D eigenvalue weighted by Crippen LogP contribution is -2.23. The summed E-state index contributed by atoms with van der Waals surface area (Å²) >= 11 is 0. The molecule has 0 fully saturated rings. The van der Waals surface area contributed by atoms with Crippen LogP contribution in [0.3, 0.4) is 0 Å². The van der Waals surface area contributed by atoms with Crippen molar-refractivity contribution in [2.45, 2.75) is 46.6 Å². The number of hydrogen-bond acceptors (Lipinski definition) is 1. The zero-order valence-electron chi connectivity index (χ0n) is 7.78. The van der Waals surface area contributed by atoms with Crippen molar-refractivity contribution < 1.29 is 0 Å². The zero-order valence-corrected chi connectivity index (χ0v) is 7.78. The molecule has 0 aromatic rings. The third-order valence-electron chi connectivity index (χ3n) is 1.51. The number of nitrogens with one attached hydrogen (secondary N) is 1. The molecule has 0 rings (SSSR count). The van der Waals surface area contributed by atoms with E-state index in [1.807, 2.05) is 0 Å². The van der Waals surface area contributed by atoms with E-state index in [4.69, 9.17) is 0 Å². The van der Waals surface area contributed by atoms with Crippen molar-refractivity contribution in [2.75, 3.05) is 6.54 Å². The first kappa shape index (κ1) is 9.96. The molecular formula is C9H21N. The second-order valence-corrected chi connectivity index (χ2v) is 3.64. The molecule has 10 heavy (non-hydrogen) atoms. The minimum Gasteiger partial charge on any atom is -0.315 e. The van der Waals surface area contributed by atoms with Gasteiger partial charge in [-0.25, -0.2) is 0 Å². The summed E-state index contributed by atoms with van der Waals surface area (Å²) in [6.07, 6.45) is 2.66. The fourth-order valence-electron chi connectivity index (χ4n) is 0.901. The van der Waals surface area contributed by atoms with Crippen LogP contribution >= 0.6 is 0 Å². The first-order valence-electron chi connectivity index (χ1n) is 4.36. The summed E-state index contributed by atoms with van der Waals surface area (Å²) in [5.74, 6) is 0.856. The number of hydrogen-bond donors (Lipinski definition) is 1. The molecule has 1 nitrogen and oxygen atoms in total. The smallest absolute Gasteiger partial charge is 0.00103 e. The van der Waals surface area contributed by atoms with Crippen molar-refractivity contribution in [3.8, 4) is 0 Å². The average Bonchev–Trinajstić information content (AvgIpc) is 1.79. The molecule has 0 saturated carbocycles. The molecule has 1 N–H and O–H groups in total. The van der Waals surface area contributed by atoms with Crippen molar-refractivity contribution in [3.63, 3.8) is 0 Å². The van der Waals surface area contributed by atoms with Gasteiger partial charge < -0.3 is 5.32 Å². The van der Waals surface area contributed by atoms with Crippen molar-refractivity contribution in [1.29, 1.82) is 0 Å². The molecule has 0 aliphatic heterocycles. The third kappa shape index (κ3) is 7.96. The maximum atomic E-state index is 3.40. The molecule has 62 valence electrons. The standard InChI is InChI=1S/C9H21N/c1-8(2)6-5-7-10-9(3)4/h8-10H,5-7H2,1-4H3. The van der Waals surface area contributed by atoms with Gasteiger partial charge >= 0.3 is 0 Å². The second kappa shape index (κ2) is 5.72. The Morgan fingerprint density at radius 1 is 1.10 bits per heavy atom. The topological polar surface area (TPSA) is 12.0 Å². The van der Waals surface area contributed by atoms with Gasteiger partial charge in [0, 0.05) is 6.04 Å². The van der Waals surface area contributed by atoms with Crippen LogP contribution in [-0.2, 0) is 0 Å². The SMILES string of the molecule is CC(C)CCCNC(C)C. The predicted octanol–water partition coefficient (Wildman–Crippen LogP) is 2.42. The third-order valence-corrected chi connectivity index (χ3v) is 1.51. The molecule has 0 aromatic carbocycles. The highest BCUT2D eigenvalue weighted by Crippen LogP contribution is 2.01. The van der Waals surface area contributed by atoms with Gasteiger partial charge in [0.2, 0.25) is 0 Å². The summed E-state index contributed by atoms with van der Waals surface area (Å²) in [5, 5.41) is 3.40. The molecule has 0 atom stereocenters. The summed E-state index contributed by atoms with van der Waals surface area (Å²) in [4.78, 5) is 0. The van der Waals surface area contributed by atoms with Crippen LogP contribution in [0.2, 0.25) is 0 Å². The fourth-order valence-corrected chi connectivity index (χ4v) is 0.901. The molecule has 0 amide bonds. The summed E-state index contributed by atoms with van der Waals surface area (Å²) in [5.41, 5.74) is 0. The van der Waals surface area contributed by atoms with Crippen LogP contribution in [0.15, 0.2) is 0 Å². The molecule has 0 bridgehead atoms. The van der Waals surface area contributed by atoms with Gasteiger partial charge in [-0.15, -0.1) is 0 Å². The van der Waals surface area contributed by atoms with E-state index in [-0.39, 0.29) is 0 Å². The van der Waals surface area contributed by atoms with Gasteiger partial charge in [-0.05, 0) is 25.3 Å². The number of rotatable bonds is 5. The van der Waals surface area contributed by atoms with Crippen molar-refractivity contribution >= 4 is 0 Å². The molecule has 0 aliphatic carbocycles. The molecular weight excluding hydrogens is 122 g/mol. The molecule has 0 spiro atoms. The first-order chi connectivity index (χ1) is 4.63. The van der Waals surface area contributed by atoms with Crippen LogP contribution in [0.25, 0.3) is 0 Å². The summed E-state index contributed by atoms with van der Waals surface area (Å²) in [6.45, 7) is 10.1. The van der Waals surface area contributed by atoms with Crippen LogP contribution in [0.1, 0.15) is 40.5 Å². The fraction of sp³-hybridized carbons (Fsp3) is 1.00. The maximum absolute atomic E-state index is 3.40. The first-order valence-corrected chi connectivity index (χ1v) is 4.36. The molecule has 1 heteroatoms. The Balaban J connectivity index is 2.91. The highest BCUT2D eigenvalue weighted by atomic mass is 14.9. The zero-order chi connectivity index (χ0) is 7.98. The van der Waals surface area contributed by atoms with Crippen molar-refractivity contribution in [2.24, 2.45) is 5.92 Å². The van der Waals surface area contributed by atoms with E-state index in [9.17, 15) is 0 Å². The largest absolute Gasteiger partial charge is 0.315 e. The highest BCUT2D eigenvalue weighted by molar-refractivity contribution is 4.53. The lowest BCUT2D eigenvalue weighted by molar-refractivity contribution is 0.503. The Morgan fingerprint density at radius 3 is 2.10 bits per heavy atom. The Morgan fingerprint density at radius 2 is 1.70 bits per heavy atom. The van der Waals surface area contributed by atoms with E-state index in [1.165, 1.54) is 19.4 Å². The lowest BCUT2D eigenvalue weighted by Gasteiger charge is -2.08.